The quantitative estimate of drug-likeness (QED) is 0.0513. The zero-order valence-corrected chi connectivity index (χ0v) is 26.8. The number of thioether (sulfide) groups is 1. The van der Waals surface area contributed by atoms with E-state index in [0.29, 0.717) is 24.9 Å². The molecule has 2 aromatic carbocycles. The van der Waals surface area contributed by atoms with Crippen molar-refractivity contribution in [2.45, 2.75) is 91.0 Å². The molecular formula is C31H49N3O4PS+. The van der Waals surface area contributed by atoms with E-state index in [1.807, 2.05) is 48.2 Å². The number of hydrazone groups is 1. The van der Waals surface area contributed by atoms with E-state index in [0.717, 1.165) is 60.5 Å². The Balaban J connectivity index is 2.01. The van der Waals surface area contributed by atoms with Gasteiger partial charge in [-0.1, -0.05) is 65.3 Å². The van der Waals surface area contributed by atoms with Crippen LogP contribution in [0.15, 0.2) is 53.6 Å². The molecule has 4 unspecified atom stereocenters. The van der Waals surface area contributed by atoms with E-state index >= 15 is 0 Å². The van der Waals surface area contributed by atoms with Crippen molar-refractivity contribution in [2.24, 2.45) is 11.0 Å². The molecule has 0 saturated heterocycles. The molecule has 0 radical (unpaired) electrons. The van der Waals surface area contributed by atoms with E-state index in [4.69, 9.17) is 14.4 Å². The van der Waals surface area contributed by atoms with Gasteiger partial charge >= 0.3 is 8.03 Å². The lowest BCUT2D eigenvalue weighted by molar-refractivity contribution is 0.0585. The minimum atomic E-state index is -2.15. The molecular weight excluding hydrogens is 541 g/mol. The van der Waals surface area contributed by atoms with E-state index in [9.17, 15) is 4.57 Å². The van der Waals surface area contributed by atoms with E-state index < -0.39 is 8.03 Å². The van der Waals surface area contributed by atoms with Crippen molar-refractivity contribution < 1.29 is 18.9 Å². The van der Waals surface area contributed by atoms with Crippen molar-refractivity contribution in [3.05, 3.63) is 59.7 Å². The second-order valence-corrected chi connectivity index (χ2v) is 12.9. The maximum absolute atomic E-state index is 10.8. The lowest BCUT2D eigenvalue weighted by Crippen LogP contribution is -2.33. The molecule has 7 nitrogen and oxygen atoms in total. The fourth-order valence-electron chi connectivity index (χ4n) is 4.29. The van der Waals surface area contributed by atoms with Gasteiger partial charge in [0.1, 0.15) is 17.1 Å². The van der Waals surface area contributed by atoms with Gasteiger partial charge in [-0.15, -0.1) is 16.9 Å². The Labute approximate surface area is 246 Å². The predicted octanol–water partition coefficient (Wildman–Crippen LogP) is 7.51. The van der Waals surface area contributed by atoms with Crippen LogP contribution in [0.3, 0.4) is 0 Å². The number of hydrogen-bond acceptors (Lipinski definition) is 7. The molecule has 4 atom stereocenters. The Morgan fingerprint density at radius 3 is 2.25 bits per heavy atom. The van der Waals surface area contributed by atoms with Crippen LogP contribution in [0, 0.1) is 5.92 Å². The Morgan fingerprint density at radius 1 is 1.02 bits per heavy atom. The lowest BCUT2D eigenvalue weighted by atomic mass is 9.89. The summed E-state index contributed by atoms with van der Waals surface area (Å²) < 4.78 is 23.5. The van der Waals surface area contributed by atoms with E-state index in [1.165, 1.54) is 0 Å². The number of rotatable bonds is 19. The van der Waals surface area contributed by atoms with Crippen LogP contribution in [-0.2, 0) is 17.5 Å². The third kappa shape index (κ3) is 12.6. The molecule has 2 rings (SSSR count). The molecule has 0 heterocycles. The second-order valence-electron chi connectivity index (χ2n) is 10.4. The number of nitrogens with one attached hydrogen (secondary N) is 2. The second kappa shape index (κ2) is 18.3. The van der Waals surface area contributed by atoms with Gasteiger partial charge in [-0.25, -0.2) is 0 Å². The molecule has 0 amide bonds. The first kappa shape index (κ1) is 34.1. The van der Waals surface area contributed by atoms with Crippen LogP contribution in [0.1, 0.15) is 78.4 Å². The van der Waals surface area contributed by atoms with Crippen molar-refractivity contribution in [1.82, 2.24) is 10.7 Å². The number of ether oxygens (including phenoxy) is 2. The van der Waals surface area contributed by atoms with Gasteiger partial charge in [0.2, 0.25) is 12.2 Å². The van der Waals surface area contributed by atoms with Gasteiger partial charge in [0.05, 0.1) is 11.8 Å². The summed E-state index contributed by atoms with van der Waals surface area (Å²) in [5.74, 6) is 3.91. The molecule has 0 aromatic heterocycles. The molecule has 0 aliphatic heterocycles. The van der Waals surface area contributed by atoms with Gasteiger partial charge in [0.15, 0.2) is 0 Å². The zero-order valence-electron chi connectivity index (χ0n) is 25.1. The summed E-state index contributed by atoms with van der Waals surface area (Å²) in [6.45, 7) is 14.4. The monoisotopic (exact) mass is 590 g/mol. The Kier molecular flexibility index (Phi) is 15.6. The molecule has 0 bridgehead atoms. The molecule has 40 heavy (non-hydrogen) atoms. The fraction of sp³-hybridized carbons (Fsp3) is 0.581. The highest BCUT2D eigenvalue weighted by molar-refractivity contribution is 8.00. The molecule has 0 aliphatic carbocycles. The average Bonchev–Trinajstić information content (AvgIpc) is 2.95. The van der Waals surface area contributed by atoms with Crippen LogP contribution in [0.25, 0.3) is 0 Å². The molecule has 0 saturated carbocycles. The third-order valence-electron chi connectivity index (χ3n) is 6.98. The van der Waals surface area contributed by atoms with Gasteiger partial charge in [-0.05, 0) is 84.2 Å². The Hall–Kier alpha value is -2.12. The van der Waals surface area contributed by atoms with Crippen LogP contribution >= 0.6 is 19.8 Å². The highest BCUT2D eigenvalue weighted by Gasteiger charge is 2.26. The maximum atomic E-state index is 10.8. The summed E-state index contributed by atoms with van der Waals surface area (Å²) in [6.07, 6.45) is 4.98. The van der Waals surface area contributed by atoms with Gasteiger partial charge in [0, 0.05) is 6.54 Å². The van der Waals surface area contributed by atoms with Crippen molar-refractivity contribution in [3.8, 4) is 11.5 Å². The molecule has 0 fully saturated rings. The molecule has 3 N–H and O–H groups in total. The molecule has 222 valence electrons. The van der Waals surface area contributed by atoms with Gasteiger partial charge in [0.25, 0.3) is 0 Å². The topological polar surface area (TPSA) is 92.2 Å². The van der Waals surface area contributed by atoms with E-state index in [2.05, 4.69) is 69.5 Å². The standard InChI is InChI=1S/C31H48N3O4PS/c1-7-24(5)21-31(6,9-3)38-28-17-13-26(14-18-28)22-33-34-30(29(8-2)40-10-4)37-27-15-11-25(12-16-27)19-20-32-23-39(35)36/h11-18,24,29,32-33H,7-10,19-23H2,1-6H3/p+1. The van der Waals surface area contributed by atoms with Crippen molar-refractivity contribution in [2.75, 3.05) is 18.6 Å². The molecule has 0 spiro atoms. The van der Waals surface area contributed by atoms with E-state index in [-0.39, 0.29) is 17.1 Å². The highest BCUT2D eigenvalue weighted by Crippen LogP contribution is 2.29. The summed E-state index contributed by atoms with van der Waals surface area (Å²) in [5.41, 5.74) is 5.31. The zero-order chi connectivity index (χ0) is 29.4. The molecule has 9 heteroatoms. The van der Waals surface area contributed by atoms with Crippen molar-refractivity contribution in [3.63, 3.8) is 0 Å². The molecule has 0 aliphatic rings. The maximum Gasteiger partial charge on any atom is 0.521 e. The first-order valence-electron chi connectivity index (χ1n) is 14.5. The summed E-state index contributed by atoms with van der Waals surface area (Å²) in [4.78, 5) is 8.89. The van der Waals surface area contributed by atoms with Gasteiger partial charge in [-0.3, -0.25) is 5.32 Å². The van der Waals surface area contributed by atoms with Crippen molar-refractivity contribution in [1.29, 1.82) is 0 Å². The predicted molar refractivity (Wildman–Crippen MR) is 170 cm³/mol. The normalized spacial score (nSPS) is 15.2. The van der Waals surface area contributed by atoms with Crippen LogP contribution in [0.4, 0.5) is 0 Å². The largest absolute Gasteiger partial charge is 0.521 e. The lowest BCUT2D eigenvalue weighted by Gasteiger charge is -2.32. The van der Waals surface area contributed by atoms with Gasteiger partial charge in [-0.2, -0.15) is 4.89 Å². The first-order valence-corrected chi connectivity index (χ1v) is 17.0. The van der Waals surface area contributed by atoms with Crippen LogP contribution in [0.5, 0.6) is 11.5 Å². The number of hydrogen-bond donors (Lipinski definition) is 3. The van der Waals surface area contributed by atoms with E-state index in [1.54, 1.807) is 0 Å². The smallest absolute Gasteiger partial charge is 0.488 e. The summed E-state index contributed by atoms with van der Waals surface area (Å²) in [7, 11) is -2.15. The fourth-order valence-corrected chi connectivity index (χ4v) is 5.52. The SMILES string of the molecule is CCSC(CC)C(=NNCc1ccc(OC(C)(CC)CC(C)CC)cc1)Oc1ccc(CCNC[P+](=O)O)cc1. The Morgan fingerprint density at radius 2 is 1.68 bits per heavy atom. The van der Waals surface area contributed by atoms with Crippen LogP contribution < -0.4 is 20.2 Å². The van der Waals surface area contributed by atoms with Crippen molar-refractivity contribution >= 4 is 25.7 Å². The minimum Gasteiger partial charge on any atom is -0.488 e. The third-order valence-corrected chi connectivity index (χ3v) is 8.75. The summed E-state index contributed by atoms with van der Waals surface area (Å²) in [6, 6.07) is 16.2. The summed E-state index contributed by atoms with van der Waals surface area (Å²) in [5, 5.41) is 7.80. The molecule has 2 aromatic rings. The minimum absolute atomic E-state index is 0.117. The average molecular weight is 591 g/mol. The highest BCUT2D eigenvalue weighted by atomic mass is 32.2. The number of nitrogens with zero attached hydrogens (tertiary/aromatic N) is 1. The first-order chi connectivity index (χ1) is 19.2. The summed E-state index contributed by atoms with van der Waals surface area (Å²) >= 11 is 1.82. The van der Waals surface area contributed by atoms with Gasteiger partial charge < -0.3 is 14.9 Å². The Bertz CT molecular complexity index is 1040. The number of benzene rings is 2. The van der Waals surface area contributed by atoms with Crippen LogP contribution in [-0.4, -0.2) is 40.2 Å². The van der Waals surface area contributed by atoms with Crippen LogP contribution in [0.2, 0.25) is 0 Å².